The van der Waals surface area contributed by atoms with Gasteiger partial charge in [-0.1, -0.05) is 0 Å². The van der Waals surface area contributed by atoms with Gasteiger partial charge in [0.1, 0.15) is 17.5 Å². The predicted octanol–water partition coefficient (Wildman–Crippen LogP) is 2.66. The van der Waals surface area contributed by atoms with E-state index in [4.69, 9.17) is 0 Å². The zero-order valence-electron chi connectivity index (χ0n) is 7.51. The molecule has 1 aromatic carbocycles. The maximum atomic E-state index is 13.3. The molecule has 0 atom stereocenters. The molecule has 4 heteroatoms. The number of aromatic nitrogens is 2. The molecular weight excluding hydrogens is 186 g/mol. The minimum Gasteiger partial charge on any atom is -0.342 e. The van der Waals surface area contributed by atoms with Gasteiger partial charge < -0.3 is 4.98 Å². The fraction of sp³-hybridized carbons (Fsp3) is 0.100. The van der Waals surface area contributed by atoms with Crippen LogP contribution in [0.1, 0.15) is 5.82 Å². The normalized spacial score (nSPS) is 10.5. The van der Waals surface area contributed by atoms with Gasteiger partial charge in [-0.15, -0.1) is 0 Å². The molecule has 0 saturated heterocycles. The molecule has 1 aromatic heterocycles. The molecule has 72 valence electrons. The number of nitrogens with one attached hydrogen (secondary N) is 1. The fourth-order valence-corrected chi connectivity index (χ4v) is 1.26. The van der Waals surface area contributed by atoms with Crippen molar-refractivity contribution in [2.45, 2.75) is 6.92 Å². The number of benzene rings is 1. The van der Waals surface area contributed by atoms with Gasteiger partial charge in [0.15, 0.2) is 0 Å². The summed E-state index contributed by atoms with van der Waals surface area (Å²) in [6.07, 6.45) is 1.48. The summed E-state index contributed by atoms with van der Waals surface area (Å²) in [7, 11) is 0. The first-order chi connectivity index (χ1) is 6.66. The Morgan fingerprint density at radius 3 is 2.71 bits per heavy atom. The Kier molecular flexibility index (Phi) is 2.04. The molecule has 0 aliphatic heterocycles. The number of aromatic amines is 1. The van der Waals surface area contributed by atoms with Crippen molar-refractivity contribution in [3.63, 3.8) is 0 Å². The molecule has 1 N–H and O–H groups in total. The third-order valence-corrected chi connectivity index (χ3v) is 1.92. The number of H-pyrrole nitrogens is 1. The molecule has 2 nitrogen and oxygen atoms in total. The maximum Gasteiger partial charge on any atom is 0.132 e. The second-order valence-corrected chi connectivity index (χ2v) is 3.01. The van der Waals surface area contributed by atoms with Crippen LogP contribution < -0.4 is 0 Å². The lowest BCUT2D eigenvalue weighted by Crippen LogP contribution is -1.86. The van der Waals surface area contributed by atoms with E-state index in [1.807, 2.05) is 0 Å². The van der Waals surface area contributed by atoms with E-state index in [0.717, 1.165) is 18.2 Å². The Morgan fingerprint density at radius 2 is 2.07 bits per heavy atom. The number of nitrogens with zero attached hydrogens (tertiary/aromatic N) is 1. The summed E-state index contributed by atoms with van der Waals surface area (Å²) in [6.45, 7) is 1.75. The van der Waals surface area contributed by atoms with Crippen molar-refractivity contribution in [2.75, 3.05) is 0 Å². The number of rotatable bonds is 1. The van der Waals surface area contributed by atoms with Crippen molar-refractivity contribution in [2.24, 2.45) is 0 Å². The minimum atomic E-state index is -0.464. The zero-order valence-corrected chi connectivity index (χ0v) is 7.51. The number of aryl methyl sites for hydroxylation is 1. The summed E-state index contributed by atoms with van der Waals surface area (Å²) >= 11 is 0. The van der Waals surface area contributed by atoms with Crippen molar-refractivity contribution in [1.29, 1.82) is 0 Å². The number of hydrogen-bond acceptors (Lipinski definition) is 1. The molecule has 2 aromatic rings. The Labute approximate surface area is 79.6 Å². The average Bonchev–Trinajstić information content (AvgIpc) is 2.56. The monoisotopic (exact) mass is 194 g/mol. The summed E-state index contributed by atoms with van der Waals surface area (Å²) < 4.78 is 26.1. The van der Waals surface area contributed by atoms with Crippen molar-refractivity contribution < 1.29 is 8.78 Å². The van der Waals surface area contributed by atoms with E-state index in [2.05, 4.69) is 9.97 Å². The lowest BCUT2D eigenvalue weighted by atomic mass is 10.1. The molecule has 0 radical (unpaired) electrons. The largest absolute Gasteiger partial charge is 0.342 e. The molecule has 2 rings (SSSR count). The van der Waals surface area contributed by atoms with Gasteiger partial charge in [-0.25, -0.2) is 13.8 Å². The maximum absolute atomic E-state index is 13.3. The first-order valence-corrected chi connectivity index (χ1v) is 4.14. The summed E-state index contributed by atoms with van der Waals surface area (Å²) in [5.74, 6) is -0.257. The van der Waals surface area contributed by atoms with Crippen LogP contribution in [0.25, 0.3) is 11.3 Å². The van der Waals surface area contributed by atoms with Crippen molar-refractivity contribution in [3.8, 4) is 11.3 Å². The van der Waals surface area contributed by atoms with Gasteiger partial charge in [0.2, 0.25) is 0 Å². The van der Waals surface area contributed by atoms with E-state index in [1.165, 1.54) is 6.20 Å². The number of imidazole rings is 1. The van der Waals surface area contributed by atoms with Crippen LogP contribution in [0.5, 0.6) is 0 Å². The number of hydrogen-bond donors (Lipinski definition) is 1. The predicted molar refractivity (Wildman–Crippen MR) is 48.7 cm³/mol. The molecular formula is C10H8F2N2. The fourth-order valence-electron chi connectivity index (χ4n) is 1.26. The van der Waals surface area contributed by atoms with Gasteiger partial charge in [0, 0.05) is 5.56 Å². The van der Waals surface area contributed by atoms with Crippen LogP contribution in [0, 0.1) is 18.6 Å². The van der Waals surface area contributed by atoms with Gasteiger partial charge in [-0.05, 0) is 25.1 Å². The van der Waals surface area contributed by atoms with Crippen molar-refractivity contribution in [1.82, 2.24) is 9.97 Å². The van der Waals surface area contributed by atoms with Crippen LogP contribution in [0.3, 0.4) is 0 Å². The molecule has 0 aliphatic carbocycles. The summed E-state index contributed by atoms with van der Waals surface area (Å²) in [6, 6.07) is 3.32. The van der Waals surface area contributed by atoms with E-state index in [1.54, 1.807) is 6.92 Å². The standard InChI is InChI=1S/C10H8F2N2/c1-6-13-5-10(14-6)8-4-7(11)2-3-9(8)12/h2-5H,1H3,(H,13,14). The first-order valence-electron chi connectivity index (χ1n) is 4.14. The van der Waals surface area contributed by atoms with Gasteiger partial charge >= 0.3 is 0 Å². The summed E-state index contributed by atoms with van der Waals surface area (Å²) in [4.78, 5) is 6.76. The number of halogens is 2. The molecule has 1 heterocycles. The van der Waals surface area contributed by atoms with Gasteiger partial charge in [0.05, 0.1) is 11.9 Å². The molecule has 0 saturated carbocycles. The first kappa shape index (κ1) is 8.87. The third-order valence-electron chi connectivity index (χ3n) is 1.92. The van der Waals surface area contributed by atoms with Crippen LogP contribution in [0.4, 0.5) is 8.78 Å². The van der Waals surface area contributed by atoms with Crippen LogP contribution in [0.2, 0.25) is 0 Å². The molecule has 0 unspecified atom stereocenters. The van der Waals surface area contributed by atoms with Crippen LogP contribution in [-0.2, 0) is 0 Å². The third kappa shape index (κ3) is 1.51. The zero-order chi connectivity index (χ0) is 10.1. The topological polar surface area (TPSA) is 28.7 Å². The van der Waals surface area contributed by atoms with E-state index in [0.29, 0.717) is 11.5 Å². The van der Waals surface area contributed by atoms with Gasteiger partial charge in [0.25, 0.3) is 0 Å². The highest BCUT2D eigenvalue weighted by Crippen LogP contribution is 2.21. The molecule has 0 amide bonds. The molecule has 14 heavy (non-hydrogen) atoms. The summed E-state index contributed by atoms with van der Waals surface area (Å²) in [5, 5.41) is 0. The van der Waals surface area contributed by atoms with Crippen molar-refractivity contribution >= 4 is 0 Å². The van der Waals surface area contributed by atoms with Gasteiger partial charge in [-0.3, -0.25) is 0 Å². The van der Waals surface area contributed by atoms with Crippen LogP contribution >= 0.6 is 0 Å². The Balaban J connectivity index is 2.55. The van der Waals surface area contributed by atoms with Crippen LogP contribution in [0.15, 0.2) is 24.4 Å². The molecule has 0 bridgehead atoms. The minimum absolute atomic E-state index is 0.200. The molecule has 0 aliphatic rings. The SMILES string of the molecule is Cc1ncc(-c2cc(F)ccc2F)[nH]1. The van der Waals surface area contributed by atoms with E-state index in [-0.39, 0.29) is 5.56 Å². The van der Waals surface area contributed by atoms with E-state index < -0.39 is 11.6 Å². The Morgan fingerprint density at radius 1 is 1.29 bits per heavy atom. The average molecular weight is 194 g/mol. The van der Waals surface area contributed by atoms with E-state index in [9.17, 15) is 8.78 Å². The lowest BCUT2D eigenvalue weighted by molar-refractivity contribution is 0.602. The second kappa shape index (κ2) is 3.21. The molecule has 0 fully saturated rings. The van der Waals surface area contributed by atoms with Crippen LogP contribution in [-0.4, -0.2) is 9.97 Å². The highest BCUT2D eigenvalue weighted by molar-refractivity contribution is 5.59. The Hall–Kier alpha value is -1.71. The highest BCUT2D eigenvalue weighted by atomic mass is 19.1. The lowest BCUT2D eigenvalue weighted by Gasteiger charge is -1.99. The van der Waals surface area contributed by atoms with Crippen molar-refractivity contribution in [3.05, 3.63) is 41.9 Å². The smallest absolute Gasteiger partial charge is 0.132 e. The Bertz CT molecular complexity index is 463. The highest BCUT2D eigenvalue weighted by Gasteiger charge is 2.07. The van der Waals surface area contributed by atoms with Gasteiger partial charge in [-0.2, -0.15) is 0 Å². The summed E-state index contributed by atoms with van der Waals surface area (Å²) in [5.41, 5.74) is 0.685. The second-order valence-electron chi connectivity index (χ2n) is 3.01. The van der Waals surface area contributed by atoms with E-state index >= 15 is 0 Å². The quantitative estimate of drug-likeness (QED) is 0.742. The molecule has 0 spiro atoms.